The molecule has 0 fully saturated rings. The molecular formula is C30H28O2. The lowest BCUT2D eigenvalue weighted by Gasteiger charge is -2.18. The third-order valence-corrected chi connectivity index (χ3v) is 5.28. The van der Waals surface area contributed by atoms with Crippen LogP contribution in [0.25, 0.3) is 11.1 Å². The lowest BCUT2D eigenvalue weighted by Crippen LogP contribution is -1.98. The van der Waals surface area contributed by atoms with Gasteiger partial charge in [-0.3, -0.25) is 0 Å². The first-order valence-corrected chi connectivity index (χ1v) is 11.1. The van der Waals surface area contributed by atoms with Crippen molar-refractivity contribution in [1.29, 1.82) is 0 Å². The molecular weight excluding hydrogens is 392 g/mol. The third kappa shape index (κ3) is 4.92. The molecule has 0 amide bonds. The molecule has 0 spiro atoms. The van der Waals surface area contributed by atoms with E-state index in [0.717, 1.165) is 22.6 Å². The first-order valence-electron chi connectivity index (χ1n) is 11.1. The number of hydrogen-bond acceptors (Lipinski definition) is 2. The molecule has 0 unspecified atom stereocenters. The second kappa shape index (κ2) is 10.5. The van der Waals surface area contributed by atoms with Gasteiger partial charge in [0.1, 0.15) is 11.5 Å². The second-order valence-corrected chi connectivity index (χ2v) is 7.40. The maximum absolute atomic E-state index is 5.68. The quantitative estimate of drug-likeness (QED) is 0.275. The van der Waals surface area contributed by atoms with Crippen LogP contribution in [0.3, 0.4) is 0 Å². The van der Waals surface area contributed by atoms with Crippen LogP contribution in [0.15, 0.2) is 109 Å². The van der Waals surface area contributed by atoms with Gasteiger partial charge in [0.05, 0.1) is 13.2 Å². The van der Waals surface area contributed by atoms with Crippen molar-refractivity contribution in [2.45, 2.75) is 13.8 Å². The molecule has 0 saturated heterocycles. The summed E-state index contributed by atoms with van der Waals surface area (Å²) in [5, 5.41) is 0. The van der Waals surface area contributed by atoms with Gasteiger partial charge in [0.15, 0.2) is 0 Å². The normalized spacial score (nSPS) is 11.6. The van der Waals surface area contributed by atoms with E-state index in [0.29, 0.717) is 13.2 Å². The Morgan fingerprint density at radius 1 is 0.438 bits per heavy atom. The van der Waals surface area contributed by atoms with Gasteiger partial charge in [0.25, 0.3) is 0 Å². The Hall–Kier alpha value is -3.78. The molecule has 4 aromatic carbocycles. The van der Waals surface area contributed by atoms with Crippen LogP contribution < -0.4 is 9.47 Å². The molecule has 2 nitrogen and oxygen atoms in total. The van der Waals surface area contributed by atoms with Crippen LogP contribution in [0.2, 0.25) is 0 Å². The minimum atomic E-state index is 0.655. The molecule has 0 aliphatic carbocycles. The summed E-state index contributed by atoms with van der Waals surface area (Å²) in [4.78, 5) is 0. The molecule has 4 aromatic rings. The highest BCUT2D eigenvalue weighted by Gasteiger charge is 2.16. The van der Waals surface area contributed by atoms with E-state index in [4.69, 9.17) is 9.47 Å². The molecule has 0 radical (unpaired) electrons. The van der Waals surface area contributed by atoms with Gasteiger partial charge in [-0.2, -0.15) is 0 Å². The maximum Gasteiger partial charge on any atom is 0.119 e. The predicted octanol–water partition coefficient (Wildman–Crippen LogP) is 7.49. The lowest BCUT2D eigenvalue weighted by molar-refractivity contribution is 0.340. The van der Waals surface area contributed by atoms with Crippen molar-refractivity contribution in [3.8, 4) is 11.5 Å². The van der Waals surface area contributed by atoms with Crippen molar-refractivity contribution in [1.82, 2.24) is 0 Å². The standard InChI is InChI=1S/C30H28O2/c1-3-31-27-19-15-25(16-20-27)29(23-11-7-5-8-12-23)30(24-13-9-6-10-14-24)26-17-21-28(22-18-26)32-4-2/h5-22H,3-4H2,1-2H3/b30-29+. The van der Waals surface area contributed by atoms with Gasteiger partial charge in [-0.05, 0) is 71.5 Å². The molecule has 0 aliphatic rings. The van der Waals surface area contributed by atoms with Crippen LogP contribution in [0, 0.1) is 0 Å². The average Bonchev–Trinajstić information content (AvgIpc) is 2.85. The fraction of sp³-hybridized carbons (Fsp3) is 0.133. The van der Waals surface area contributed by atoms with Gasteiger partial charge in [0, 0.05) is 0 Å². The number of hydrogen-bond donors (Lipinski definition) is 0. The largest absolute Gasteiger partial charge is 0.494 e. The first-order chi connectivity index (χ1) is 15.8. The highest BCUT2D eigenvalue weighted by molar-refractivity contribution is 6.04. The Morgan fingerprint density at radius 2 is 0.750 bits per heavy atom. The van der Waals surface area contributed by atoms with Crippen molar-refractivity contribution in [2.24, 2.45) is 0 Å². The SMILES string of the molecule is CCOc1ccc(/C(=C(\c2ccccc2)c2ccc(OCC)cc2)c2ccccc2)cc1. The third-order valence-electron chi connectivity index (χ3n) is 5.28. The average molecular weight is 421 g/mol. The van der Waals surface area contributed by atoms with E-state index in [-0.39, 0.29) is 0 Å². The summed E-state index contributed by atoms with van der Waals surface area (Å²) in [6, 6.07) is 37.9. The molecule has 0 N–H and O–H groups in total. The highest BCUT2D eigenvalue weighted by Crippen LogP contribution is 2.37. The molecule has 32 heavy (non-hydrogen) atoms. The van der Waals surface area contributed by atoms with Crippen molar-refractivity contribution in [2.75, 3.05) is 13.2 Å². The van der Waals surface area contributed by atoms with Crippen LogP contribution in [0.4, 0.5) is 0 Å². The summed E-state index contributed by atoms with van der Waals surface area (Å²) in [6.07, 6.45) is 0. The number of benzene rings is 4. The van der Waals surface area contributed by atoms with Crippen molar-refractivity contribution < 1.29 is 9.47 Å². The van der Waals surface area contributed by atoms with E-state index in [9.17, 15) is 0 Å². The smallest absolute Gasteiger partial charge is 0.119 e. The van der Waals surface area contributed by atoms with Crippen LogP contribution in [-0.2, 0) is 0 Å². The first kappa shape index (κ1) is 21.5. The number of rotatable bonds is 8. The van der Waals surface area contributed by atoms with E-state index < -0.39 is 0 Å². The minimum absolute atomic E-state index is 0.655. The summed E-state index contributed by atoms with van der Waals surface area (Å²) < 4.78 is 11.4. The molecule has 0 heterocycles. The zero-order valence-corrected chi connectivity index (χ0v) is 18.6. The molecule has 160 valence electrons. The fourth-order valence-corrected chi connectivity index (χ4v) is 3.89. The molecule has 0 bridgehead atoms. The Bertz CT molecular complexity index is 1050. The molecule has 4 rings (SSSR count). The van der Waals surface area contributed by atoms with Crippen LogP contribution >= 0.6 is 0 Å². The van der Waals surface area contributed by atoms with Crippen molar-refractivity contribution in [3.63, 3.8) is 0 Å². The maximum atomic E-state index is 5.68. The topological polar surface area (TPSA) is 18.5 Å². The van der Waals surface area contributed by atoms with Crippen LogP contribution in [0.1, 0.15) is 36.1 Å². The summed E-state index contributed by atoms with van der Waals surface area (Å²) >= 11 is 0. The predicted molar refractivity (Wildman–Crippen MR) is 133 cm³/mol. The lowest BCUT2D eigenvalue weighted by atomic mass is 9.86. The summed E-state index contributed by atoms with van der Waals surface area (Å²) in [5.41, 5.74) is 7.00. The van der Waals surface area contributed by atoms with Crippen molar-refractivity contribution >= 4 is 11.1 Å². The van der Waals surface area contributed by atoms with Gasteiger partial charge < -0.3 is 9.47 Å². The van der Waals surface area contributed by atoms with E-state index in [2.05, 4.69) is 84.9 Å². The van der Waals surface area contributed by atoms with E-state index in [1.54, 1.807) is 0 Å². The van der Waals surface area contributed by atoms with Gasteiger partial charge in [-0.15, -0.1) is 0 Å². The monoisotopic (exact) mass is 420 g/mol. The Labute approximate surface area is 190 Å². The Balaban J connectivity index is 1.97. The molecule has 0 atom stereocenters. The number of ether oxygens (including phenoxy) is 2. The van der Waals surface area contributed by atoms with Gasteiger partial charge in [-0.1, -0.05) is 84.9 Å². The van der Waals surface area contributed by atoms with Crippen molar-refractivity contribution in [3.05, 3.63) is 131 Å². The van der Waals surface area contributed by atoms with Gasteiger partial charge >= 0.3 is 0 Å². The zero-order chi connectivity index (χ0) is 22.2. The molecule has 0 aromatic heterocycles. The Kier molecular flexibility index (Phi) is 7.04. The summed E-state index contributed by atoms with van der Waals surface area (Å²) in [5.74, 6) is 1.76. The fourth-order valence-electron chi connectivity index (χ4n) is 3.89. The highest BCUT2D eigenvalue weighted by atomic mass is 16.5. The minimum Gasteiger partial charge on any atom is -0.494 e. The van der Waals surface area contributed by atoms with Crippen LogP contribution in [0.5, 0.6) is 11.5 Å². The zero-order valence-electron chi connectivity index (χ0n) is 18.6. The molecule has 2 heteroatoms. The van der Waals surface area contributed by atoms with Gasteiger partial charge in [-0.25, -0.2) is 0 Å². The summed E-state index contributed by atoms with van der Waals surface area (Å²) in [6.45, 7) is 5.32. The van der Waals surface area contributed by atoms with Crippen LogP contribution in [-0.4, -0.2) is 13.2 Å². The van der Waals surface area contributed by atoms with Gasteiger partial charge in [0.2, 0.25) is 0 Å². The summed E-state index contributed by atoms with van der Waals surface area (Å²) in [7, 11) is 0. The van der Waals surface area contributed by atoms with E-state index >= 15 is 0 Å². The van der Waals surface area contributed by atoms with E-state index in [1.165, 1.54) is 22.3 Å². The second-order valence-electron chi connectivity index (χ2n) is 7.40. The molecule has 0 saturated carbocycles. The van der Waals surface area contributed by atoms with E-state index in [1.807, 2.05) is 38.1 Å². The Morgan fingerprint density at radius 3 is 1.06 bits per heavy atom. The molecule has 0 aliphatic heterocycles.